The van der Waals surface area contributed by atoms with Gasteiger partial charge >= 0.3 is 5.97 Å². The lowest BCUT2D eigenvalue weighted by Gasteiger charge is -2.19. The molecule has 0 atom stereocenters. The van der Waals surface area contributed by atoms with Gasteiger partial charge in [0.15, 0.2) is 0 Å². The average molecular weight is 211 g/mol. The summed E-state index contributed by atoms with van der Waals surface area (Å²) in [7, 11) is 0. The standard InChI is InChI=1S/C12H21NO2/c1-5-6-7-9-13-10-8-11(14)15-12(2,3)4/h1,13H,6-10H2,2-4H3. The minimum Gasteiger partial charge on any atom is -0.460 e. The van der Waals surface area contributed by atoms with Gasteiger partial charge in [0.2, 0.25) is 0 Å². The molecule has 0 aromatic carbocycles. The zero-order valence-electron chi connectivity index (χ0n) is 9.93. The van der Waals surface area contributed by atoms with Crippen molar-refractivity contribution in [3.05, 3.63) is 0 Å². The highest BCUT2D eigenvalue weighted by atomic mass is 16.6. The Hall–Kier alpha value is -1.01. The first kappa shape index (κ1) is 14.0. The molecule has 15 heavy (non-hydrogen) atoms. The fourth-order valence-corrected chi connectivity index (χ4v) is 1.02. The molecule has 0 aromatic rings. The molecule has 0 saturated carbocycles. The smallest absolute Gasteiger partial charge is 0.307 e. The van der Waals surface area contributed by atoms with Crippen LogP contribution in [0, 0.1) is 12.3 Å². The first-order chi connectivity index (χ1) is 6.95. The van der Waals surface area contributed by atoms with Crippen molar-refractivity contribution in [3.8, 4) is 12.3 Å². The van der Waals surface area contributed by atoms with Gasteiger partial charge in [-0.3, -0.25) is 4.79 Å². The van der Waals surface area contributed by atoms with E-state index in [0.29, 0.717) is 13.0 Å². The number of carbonyl (C=O) groups excluding carboxylic acids is 1. The normalized spacial score (nSPS) is 10.8. The monoisotopic (exact) mass is 211 g/mol. The van der Waals surface area contributed by atoms with Crippen molar-refractivity contribution in [2.24, 2.45) is 0 Å². The fraction of sp³-hybridized carbons (Fsp3) is 0.750. The van der Waals surface area contributed by atoms with E-state index in [2.05, 4.69) is 11.2 Å². The van der Waals surface area contributed by atoms with E-state index < -0.39 is 0 Å². The number of carbonyl (C=O) groups is 1. The summed E-state index contributed by atoms with van der Waals surface area (Å²) in [6.07, 6.45) is 7.25. The van der Waals surface area contributed by atoms with Crippen LogP contribution in [0.5, 0.6) is 0 Å². The van der Waals surface area contributed by atoms with Gasteiger partial charge in [0.25, 0.3) is 0 Å². The topological polar surface area (TPSA) is 38.3 Å². The van der Waals surface area contributed by atoms with Crippen LogP contribution >= 0.6 is 0 Å². The highest BCUT2D eigenvalue weighted by Crippen LogP contribution is 2.07. The second-order valence-corrected chi connectivity index (χ2v) is 4.39. The van der Waals surface area contributed by atoms with E-state index in [4.69, 9.17) is 11.2 Å². The van der Waals surface area contributed by atoms with E-state index in [1.807, 2.05) is 20.8 Å². The molecule has 1 N–H and O–H groups in total. The molecule has 0 bridgehead atoms. The Labute approximate surface area is 92.6 Å². The number of hydrogen-bond donors (Lipinski definition) is 1. The van der Waals surface area contributed by atoms with Crippen LogP contribution < -0.4 is 5.32 Å². The Bertz CT molecular complexity index is 223. The second kappa shape index (κ2) is 7.30. The third kappa shape index (κ3) is 10.9. The molecular formula is C12H21NO2. The Kier molecular flexibility index (Phi) is 6.81. The molecule has 0 heterocycles. The Morgan fingerprint density at radius 2 is 2.07 bits per heavy atom. The lowest BCUT2D eigenvalue weighted by molar-refractivity contribution is -0.154. The molecule has 0 saturated heterocycles. The summed E-state index contributed by atoms with van der Waals surface area (Å²) in [5, 5.41) is 3.14. The van der Waals surface area contributed by atoms with E-state index >= 15 is 0 Å². The predicted octanol–water partition coefficient (Wildman–Crippen LogP) is 1.72. The zero-order valence-corrected chi connectivity index (χ0v) is 9.93. The molecule has 3 nitrogen and oxygen atoms in total. The lowest BCUT2D eigenvalue weighted by atomic mass is 10.2. The van der Waals surface area contributed by atoms with Gasteiger partial charge in [0, 0.05) is 13.0 Å². The number of rotatable bonds is 6. The third-order valence-electron chi connectivity index (χ3n) is 1.60. The molecular weight excluding hydrogens is 190 g/mol. The number of esters is 1. The average Bonchev–Trinajstić information content (AvgIpc) is 2.08. The number of unbranched alkanes of at least 4 members (excludes halogenated alkanes) is 1. The van der Waals surface area contributed by atoms with Crippen LogP contribution in [0.25, 0.3) is 0 Å². The summed E-state index contributed by atoms with van der Waals surface area (Å²) >= 11 is 0. The summed E-state index contributed by atoms with van der Waals surface area (Å²) in [6, 6.07) is 0. The number of terminal acetylenes is 1. The molecule has 3 heteroatoms. The highest BCUT2D eigenvalue weighted by Gasteiger charge is 2.15. The number of ether oxygens (including phenoxy) is 1. The molecule has 0 aliphatic rings. The van der Waals surface area contributed by atoms with Crippen molar-refractivity contribution in [2.45, 2.75) is 45.6 Å². The van der Waals surface area contributed by atoms with Gasteiger partial charge < -0.3 is 10.1 Å². The van der Waals surface area contributed by atoms with Crippen LogP contribution in [-0.2, 0) is 9.53 Å². The lowest BCUT2D eigenvalue weighted by Crippen LogP contribution is -2.27. The maximum atomic E-state index is 11.3. The fourth-order valence-electron chi connectivity index (χ4n) is 1.02. The van der Waals surface area contributed by atoms with Gasteiger partial charge in [-0.1, -0.05) is 0 Å². The van der Waals surface area contributed by atoms with Crippen LogP contribution in [0.4, 0.5) is 0 Å². The van der Waals surface area contributed by atoms with Crippen molar-refractivity contribution >= 4 is 5.97 Å². The van der Waals surface area contributed by atoms with E-state index in [0.717, 1.165) is 19.4 Å². The van der Waals surface area contributed by atoms with E-state index in [1.165, 1.54) is 0 Å². The van der Waals surface area contributed by atoms with Gasteiger partial charge in [-0.25, -0.2) is 0 Å². The predicted molar refractivity (Wildman–Crippen MR) is 61.4 cm³/mol. The van der Waals surface area contributed by atoms with Crippen LogP contribution in [0.15, 0.2) is 0 Å². The first-order valence-corrected chi connectivity index (χ1v) is 5.32. The van der Waals surface area contributed by atoms with E-state index in [-0.39, 0.29) is 11.6 Å². The van der Waals surface area contributed by atoms with Gasteiger partial charge in [0.1, 0.15) is 5.60 Å². The van der Waals surface area contributed by atoms with E-state index in [9.17, 15) is 4.79 Å². The summed E-state index contributed by atoms with van der Waals surface area (Å²) < 4.78 is 5.15. The van der Waals surface area contributed by atoms with Crippen molar-refractivity contribution < 1.29 is 9.53 Å². The molecule has 0 fully saturated rings. The van der Waals surface area contributed by atoms with Gasteiger partial charge in [0.05, 0.1) is 6.42 Å². The van der Waals surface area contributed by atoms with Gasteiger partial charge in [-0.2, -0.15) is 0 Å². The molecule has 0 amide bonds. The molecule has 0 aliphatic carbocycles. The Morgan fingerprint density at radius 3 is 2.60 bits per heavy atom. The first-order valence-electron chi connectivity index (χ1n) is 5.32. The van der Waals surface area contributed by atoms with E-state index in [1.54, 1.807) is 0 Å². The molecule has 0 unspecified atom stereocenters. The molecule has 86 valence electrons. The molecule has 0 spiro atoms. The largest absolute Gasteiger partial charge is 0.460 e. The third-order valence-corrected chi connectivity index (χ3v) is 1.60. The summed E-state index contributed by atoms with van der Waals surface area (Å²) in [5.41, 5.74) is -0.388. The summed E-state index contributed by atoms with van der Waals surface area (Å²) in [4.78, 5) is 11.3. The SMILES string of the molecule is C#CCCCNCCC(=O)OC(C)(C)C. The molecule has 0 rings (SSSR count). The number of hydrogen-bond acceptors (Lipinski definition) is 3. The minimum absolute atomic E-state index is 0.160. The minimum atomic E-state index is -0.388. The molecule has 0 aromatic heterocycles. The Balaban J connectivity index is 3.37. The van der Waals surface area contributed by atoms with Gasteiger partial charge in [-0.05, 0) is 33.7 Å². The second-order valence-electron chi connectivity index (χ2n) is 4.39. The zero-order chi connectivity index (χ0) is 11.7. The summed E-state index contributed by atoms with van der Waals surface area (Å²) in [6.45, 7) is 7.11. The Morgan fingerprint density at radius 1 is 1.40 bits per heavy atom. The van der Waals surface area contributed by atoms with Crippen LogP contribution in [-0.4, -0.2) is 24.7 Å². The van der Waals surface area contributed by atoms with Crippen molar-refractivity contribution in [1.29, 1.82) is 0 Å². The quantitative estimate of drug-likeness (QED) is 0.413. The van der Waals surface area contributed by atoms with Crippen LogP contribution in [0.3, 0.4) is 0 Å². The van der Waals surface area contributed by atoms with Crippen molar-refractivity contribution in [2.75, 3.05) is 13.1 Å². The van der Waals surface area contributed by atoms with Crippen LogP contribution in [0.2, 0.25) is 0 Å². The number of nitrogens with one attached hydrogen (secondary N) is 1. The maximum absolute atomic E-state index is 11.3. The van der Waals surface area contributed by atoms with Crippen molar-refractivity contribution in [3.63, 3.8) is 0 Å². The summed E-state index contributed by atoms with van der Waals surface area (Å²) in [5.74, 6) is 2.41. The molecule has 0 radical (unpaired) electrons. The maximum Gasteiger partial charge on any atom is 0.307 e. The van der Waals surface area contributed by atoms with Gasteiger partial charge in [-0.15, -0.1) is 12.3 Å². The van der Waals surface area contributed by atoms with Crippen LogP contribution in [0.1, 0.15) is 40.0 Å². The van der Waals surface area contributed by atoms with Crippen molar-refractivity contribution in [1.82, 2.24) is 5.32 Å². The molecule has 0 aliphatic heterocycles. The highest BCUT2D eigenvalue weighted by molar-refractivity contribution is 5.70.